The van der Waals surface area contributed by atoms with E-state index in [9.17, 15) is 0 Å². The van der Waals surface area contributed by atoms with Crippen LogP contribution in [0.25, 0.3) is 0 Å². The maximum atomic E-state index is 4.64. The molecule has 2 heterocycles. The Labute approximate surface area is 110 Å². The van der Waals surface area contributed by atoms with Gasteiger partial charge in [0, 0.05) is 30.9 Å². The molecular formula is C14H24N4. The van der Waals surface area contributed by atoms with Crippen LogP contribution < -0.4 is 10.2 Å². The minimum Gasteiger partial charge on any atom is -0.368 e. The average molecular weight is 248 g/mol. The third-order valence-corrected chi connectivity index (χ3v) is 3.22. The highest BCUT2D eigenvalue weighted by Gasteiger charge is 2.19. The Hall–Kier alpha value is -1.32. The van der Waals surface area contributed by atoms with Gasteiger partial charge in [-0.05, 0) is 39.5 Å². The summed E-state index contributed by atoms with van der Waals surface area (Å²) in [5.74, 6) is 2.56. The summed E-state index contributed by atoms with van der Waals surface area (Å²) in [5.41, 5.74) is 1.03. The van der Waals surface area contributed by atoms with Crippen molar-refractivity contribution >= 4 is 11.8 Å². The van der Waals surface area contributed by atoms with Crippen LogP contribution in [-0.4, -0.2) is 29.1 Å². The van der Waals surface area contributed by atoms with Crippen molar-refractivity contribution in [2.24, 2.45) is 5.92 Å². The third-order valence-electron chi connectivity index (χ3n) is 3.22. The van der Waals surface area contributed by atoms with Crippen molar-refractivity contribution in [3.05, 3.63) is 11.8 Å². The van der Waals surface area contributed by atoms with Gasteiger partial charge in [0.2, 0.25) is 5.95 Å². The molecule has 100 valence electrons. The van der Waals surface area contributed by atoms with Crippen LogP contribution in [0.4, 0.5) is 11.8 Å². The third kappa shape index (κ3) is 3.34. The number of hydrogen-bond donors (Lipinski definition) is 1. The topological polar surface area (TPSA) is 41.1 Å². The number of rotatable bonds is 3. The first-order chi connectivity index (χ1) is 8.54. The summed E-state index contributed by atoms with van der Waals surface area (Å²) >= 11 is 0. The molecule has 2 rings (SSSR count). The molecule has 0 saturated carbocycles. The summed E-state index contributed by atoms with van der Waals surface area (Å²) in [7, 11) is 0. The highest BCUT2D eigenvalue weighted by molar-refractivity contribution is 5.44. The Bertz CT molecular complexity index is 403. The van der Waals surface area contributed by atoms with E-state index < -0.39 is 0 Å². The van der Waals surface area contributed by atoms with E-state index in [0.29, 0.717) is 6.04 Å². The fourth-order valence-electron chi connectivity index (χ4n) is 2.44. The summed E-state index contributed by atoms with van der Waals surface area (Å²) in [4.78, 5) is 11.5. The lowest BCUT2D eigenvalue weighted by atomic mass is 10.0. The van der Waals surface area contributed by atoms with Crippen LogP contribution in [0.3, 0.4) is 0 Å². The number of nitrogens with one attached hydrogen (secondary N) is 1. The molecule has 1 aliphatic rings. The Morgan fingerprint density at radius 1 is 1.39 bits per heavy atom. The van der Waals surface area contributed by atoms with E-state index in [1.807, 2.05) is 13.0 Å². The van der Waals surface area contributed by atoms with E-state index in [2.05, 4.69) is 41.0 Å². The number of piperidine rings is 1. The number of aryl methyl sites for hydroxylation is 1. The van der Waals surface area contributed by atoms with Gasteiger partial charge in [-0.3, -0.25) is 0 Å². The predicted molar refractivity (Wildman–Crippen MR) is 76.1 cm³/mol. The van der Waals surface area contributed by atoms with Crippen molar-refractivity contribution in [2.75, 3.05) is 23.3 Å². The molecule has 4 nitrogen and oxygen atoms in total. The molecule has 1 fully saturated rings. The lowest BCUT2D eigenvalue weighted by Gasteiger charge is -2.31. The van der Waals surface area contributed by atoms with Crippen LogP contribution in [0.1, 0.15) is 39.3 Å². The van der Waals surface area contributed by atoms with Gasteiger partial charge >= 0.3 is 0 Å². The smallest absolute Gasteiger partial charge is 0.227 e. The Kier molecular flexibility index (Phi) is 4.04. The van der Waals surface area contributed by atoms with Gasteiger partial charge in [0.15, 0.2) is 0 Å². The Morgan fingerprint density at radius 2 is 2.17 bits per heavy atom. The molecule has 4 heteroatoms. The van der Waals surface area contributed by atoms with Crippen molar-refractivity contribution in [3.63, 3.8) is 0 Å². The molecule has 1 saturated heterocycles. The summed E-state index contributed by atoms with van der Waals surface area (Å²) in [6.07, 6.45) is 2.56. The van der Waals surface area contributed by atoms with Gasteiger partial charge in [0.25, 0.3) is 0 Å². The normalized spacial score (nSPS) is 20.3. The van der Waals surface area contributed by atoms with Crippen molar-refractivity contribution < 1.29 is 0 Å². The monoisotopic (exact) mass is 248 g/mol. The summed E-state index contributed by atoms with van der Waals surface area (Å²) < 4.78 is 0. The number of aromatic nitrogens is 2. The van der Waals surface area contributed by atoms with Crippen molar-refractivity contribution in [3.8, 4) is 0 Å². The highest BCUT2D eigenvalue weighted by atomic mass is 15.3. The van der Waals surface area contributed by atoms with Crippen LogP contribution in [-0.2, 0) is 0 Å². The van der Waals surface area contributed by atoms with Gasteiger partial charge < -0.3 is 10.2 Å². The van der Waals surface area contributed by atoms with Gasteiger partial charge in [-0.2, -0.15) is 4.98 Å². The molecule has 1 atom stereocenters. The minimum absolute atomic E-state index is 0.396. The zero-order chi connectivity index (χ0) is 13.1. The lowest BCUT2D eigenvalue weighted by molar-refractivity contribution is 0.442. The van der Waals surface area contributed by atoms with Crippen molar-refractivity contribution in [2.45, 2.75) is 46.6 Å². The molecule has 1 N–H and O–H groups in total. The second-order valence-electron chi connectivity index (χ2n) is 5.69. The van der Waals surface area contributed by atoms with Crippen LogP contribution in [0.2, 0.25) is 0 Å². The van der Waals surface area contributed by atoms with Gasteiger partial charge in [-0.15, -0.1) is 0 Å². The first-order valence-corrected chi connectivity index (χ1v) is 6.92. The molecule has 1 aliphatic heterocycles. The van der Waals surface area contributed by atoms with Gasteiger partial charge in [0.05, 0.1) is 0 Å². The van der Waals surface area contributed by atoms with Crippen molar-refractivity contribution in [1.29, 1.82) is 0 Å². The van der Waals surface area contributed by atoms with Gasteiger partial charge in [0.1, 0.15) is 5.82 Å². The summed E-state index contributed by atoms with van der Waals surface area (Å²) in [6, 6.07) is 2.41. The minimum atomic E-state index is 0.396. The van der Waals surface area contributed by atoms with Crippen LogP contribution >= 0.6 is 0 Å². The number of hydrogen-bond acceptors (Lipinski definition) is 4. The number of anilines is 2. The fourth-order valence-corrected chi connectivity index (χ4v) is 2.44. The second kappa shape index (κ2) is 5.55. The lowest BCUT2D eigenvalue weighted by Crippen LogP contribution is -2.35. The quantitative estimate of drug-likeness (QED) is 0.893. The van der Waals surface area contributed by atoms with Gasteiger partial charge in [-0.1, -0.05) is 6.92 Å². The number of nitrogens with zero attached hydrogens (tertiary/aromatic N) is 3. The maximum Gasteiger partial charge on any atom is 0.227 e. The molecule has 0 radical (unpaired) electrons. The van der Waals surface area contributed by atoms with Crippen LogP contribution in [0.5, 0.6) is 0 Å². The van der Waals surface area contributed by atoms with E-state index >= 15 is 0 Å². The Balaban J connectivity index is 2.18. The SMILES string of the molecule is Cc1cc(NC(C)C)nc(N2CCCC(C)C2)n1. The maximum absolute atomic E-state index is 4.64. The molecule has 1 aromatic heterocycles. The standard InChI is InChI=1S/C14H24N4/c1-10(2)15-13-8-12(4)16-14(17-13)18-7-5-6-11(3)9-18/h8,10-11H,5-7,9H2,1-4H3,(H,15,16,17). The molecule has 1 aromatic rings. The van der Waals surface area contributed by atoms with Crippen LogP contribution in [0.15, 0.2) is 6.07 Å². The zero-order valence-electron chi connectivity index (χ0n) is 11.9. The largest absolute Gasteiger partial charge is 0.368 e. The summed E-state index contributed by atoms with van der Waals surface area (Å²) in [5, 5.41) is 3.36. The van der Waals surface area contributed by atoms with E-state index in [1.54, 1.807) is 0 Å². The van der Waals surface area contributed by atoms with Gasteiger partial charge in [-0.25, -0.2) is 4.98 Å². The molecule has 1 unspecified atom stereocenters. The molecule has 0 aliphatic carbocycles. The Morgan fingerprint density at radius 3 is 2.83 bits per heavy atom. The highest BCUT2D eigenvalue weighted by Crippen LogP contribution is 2.21. The molecule has 0 amide bonds. The van der Waals surface area contributed by atoms with E-state index in [-0.39, 0.29) is 0 Å². The first kappa shape index (κ1) is 13.1. The summed E-state index contributed by atoms with van der Waals surface area (Å²) in [6.45, 7) is 10.7. The fraction of sp³-hybridized carbons (Fsp3) is 0.714. The van der Waals surface area contributed by atoms with Crippen molar-refractivity contribution in [1.82, 2.24) is 9.97 Å². The zero-order valence-corrected chi connectivity index (χ0v) is 11.9. The first-order valence-electron chi connectivity index (χ1n) is 6.92. The molecule has 0 aromatic carbocycles. The predicted octanol–water partition coefficient (Wildman–Crippen LogP) is 2.84. The molecule has 18 heavy (non-hydrogen) atoms. The van der Waals surface area contributed by atoms with Crippen LogP contribution in [0, 0.1) is 12.8 Å². The van der Waals surface area contributed by atoms with E-state index in [4.69, 9.17) is 0 Å². The van der Waals surface area contributed by atoms with E-state index in [0.717, 1.165) is 36.5 Å². The molecular weight excluding hydrogens is 224 g/mol. The van der Waals surface area contributed by atoms with E-state index in [1.165, 1.54) is 12.8 Å². The molecule has 0 bridgehead atoms. The molecule has 0 spiro atoms. The second-order valence-corrected chi connectivity index (χ2v) is 5.69. The average Bonchev–Trinajstić information content (AvgIpc) is 2.27.